The van der Waals surface area contributed by atoms with Crippen LogP contribution >= 0.6 is 12.4 Å². The number of nitrogens with zero attached hydrogens (tertiary/aromatic N) is 1. The van der Waals surface area contributed by atoms with Crippen molar-refractivity contribution in [1.82, 2.24) is 5.32 Å². The van der Waals surface area contributed by atoms with E-state index in [9.17, 15) is 0 Å². The predicted molar refractivity (Wildman–Crippen MR) is 43.1 cm³/mol. The summed E-state index contributed by atoms with van der Waals surface area (Å²) in [4.78, 5) is 0. The number of nitriles is 1. The lowest BCUT2D eigenvalue weighted by Gasteiger charge is -2.17. The summed E-state index contributed by atoms with van der Waals surface area (Å²) < 4.78 is 0. The van der Waals surface area contributed by atoms with E-state index in [1.54, 1.807) is 0 Å². The molecule has 1 heterocycles. The van der Waals surface area contributed by atoms with E-state index in [0.717, 1.165) is 25.8 Å². The molecule has 0 amide bonds. The molecule has 0 saturated carbocycles. The molecule has 2 nitrogen and oxygen atoms in total. The zero-order chi connectivity index (χ0) is 6.74. The van der Waals surface area contributed by atoms with Crippen LogP contribution in [-0.4, -0.2) is 12.1 Å². The second kappa shape index (κ2) is 3.80. The first-order valence-electron chi connectivity index (χ1n) is 3.49. The second-order valence-corrected chi connectivity index (χ2v) is 2.58. The Labute approximate surface area is 68.0 Å². The largest absolute Gasteiger partial charge is 0.299 e. The topological polar surface area (TPSA) is 35.8 Å². The van der Waals surface area contributed by atoms with Crippen LogP contribution in [0, 0.1) is 11.3 Å². The minimum absolute atomic E-state index is 0. The molecule has 0 aromatic carbocycles. The molecular weight excluding hydrogens is 148 g/mol. The maximum Gasteiger partial charge on any atom is 0.106 e. The number of halogens is 1. The van der Waals surface area contributed by atoms with Crippen LogP contribution in [0.1, 0.15) is 26.2 Å². The van der Waals surface area contributed by atoms with Gasteiger partial charge in [0.25, 0.3) is 0 Å². The lowest BCUT2D eigenvalue weighted by atomic mass is 9.97. The highest BCUT2D eigenvalue weighted by molar-refractivity contribution is 5.85. The molecule has 1 N–H and O–H groups in total. The van der Waals surface area contributed by atoms with Crippen molar-refractivity contribution < 1.29 is 0 Å². The molecule has 0 aromatic rings. The van der Waals surface area contributed by atoms with Crippen molar-refractivity contribution in [3.8, 4) is 6.07 Å². The van der Waals surface area contributed by atoms with Crippen LogP contribution in [0.3, 0.4) is 0 Å². The van der Waals surface area contributed by atoms with Gasteiger partial charge in [-0.05, 0) is 25.8 Å². The molecule has 0 bridgehead atoms. The van der Waals surface area contributed by atoms with Crippen LogP contribution in [0.5, 0.6) is 0 Å². The van der Waals surface area contributed by atoms with Gasteiger partial charge in [0.05, 0.1) is 6.07 Å². The van der Waals surface area contributed by atoms with Crippen LogP contribution in [-0.2, 0) is 0 Å². The van der Waals surface area contributed by atoms with Crippen molar-refractivity contribution in [1.29, 1.82) is 5.26 Å². The Balaban J connectivity index is 0.000000810. The molecule has 10 heavy (non-hydrogen) atoms. The summed E-state index contributed by atoms with van der Waals surface area (Å²) in [6.45, 7) is 3.07. The molecule has 0 aromatic heterocycles. The minimum atomic E-state index is -0.167. The van der Waals surface area contributed by atoms with Gasteiger partial charge in [-0.3, -0.25) is 5.32 Å². The molecule has 3 heteroatoms. The molecule has 0 spiro atoms. The molecule has 1 fully saturated rings. The third kappa shape index (κ3) is 1.62. The van der Waals surface area contributed by atoms with E-state index < -0.39 is 0 Å². The SMILES string of the molecule is CCC1(C#N)CCCN1.Cl. The highest BCUT2D eigenvalue weighted by Gasteiger charge is 2.30. The summed E-state index contributed by atoms with van der Waals surface area (Å²) in [7, 11) is 0. The van der Waals surface area contributed by atoms with Gasteiger partial charge < -0.3 is 0 Å². The molecule has 58 valence electrons. The molecule has 1 atom stereocenters. The van der Waals surface area contributed by atoms with E-state index in [2.05, 4.69) is 18.3 Å². The van der Waals surface area contributed by atoms with Crippen molar-refractivity contribution in [2.75, 3.05) is 6.54 Å². The first kappa shape index (κ1) is 9.74. The first-order chi connectivity index (χ1) is 4.33. The van der Waals surface area contributed by atoms with Crippen LogP contribution in [0.25, 0.3) is 0 Å². The smallest absolute Gasteiger partial charge is 0.106 e. The Morgan fingerprint density at radius 1 is 1.70 bits per heavy atom. The fraction of sp³-hybridized carbons (Fsp3) is 0.857. The molecule has 1 saturated heterocycles. The average molecular weight is 161 g/mol. The standard InChI is InChI=1S/C7H12N2.ClH/c1-2-7(6-8)4-3-5-9-7;/h9H,2-5H2,1H3;1H. The van der Waals surface area contributed by atoms with Crippen molar-refractivity contribution in [3.63, 3.8) is 0 Å². The number of hydrogen-bond donors (Lipinski definition) is 1. The fourth-order valence-electron chi connectivity index (χ4n) is 1.28. The van der Waals surface area contributed by atoms with E-state index in [1.165, 1.54) is 0 Å². The number of rotatable bonds is 1. The lowest BCUT2D eigenvalue weighted by molar-refractivity contribution is 0.467. The molecular formula is C7H13ClN2. The van der Waals surface area contributed by atoms with Crippen molar-refractivity contribution in [2.24, 2.45) is 0 Å². The van der Waals surface area contributed by atoms with Crippen LogP contribution in [0.4, 0.5) is 0 Å². The quantitative estimate of drug-likeness (QED) is 0.631. The third-order valence-corrected chi connectivity index (χ3v) is 2.06. The lowest BCUT2D eigenvalue weighted by Crippen LogP contribution is -2.36. The van der Waals surface area contributed by atoms with Gasteiger partial charge in [0.2, 0.25) is 0 Å². The van der Waals surface area contributed by atoms with E-state index in [1.807, 2.05) is 0 Å². The van der Waals surface area contributed by atoms with Gasteiger partial charge in [0, 0.05) is 0 Å². The first-order valence-corrected chi connectivity index (χ1v) is 3.49. The molecule has 0 radical (unpaired) electrons. The average Bonchev–Trinajstić information content (AvgIpc) is 2.36. The Kier molecular flexibility index (Phi) is 3.70. The van der Waals surface area contributed by atoms with Crippen LogP contribution < -0.4 is 5.32 Å². The predicted octanol–water partition coefficient (Wildman–Crippen LogP) is 1.46. The van der Waals surface area contributed by atoms with Crippen molar-refractivity contribution in [2.45, 2.75) is 31.7 Å². The summed E-state index contributed by atoms with van der Waals surface area (Å²) in [5.41, 5.74) is -0.167. The van der Waals surface area contributed by atoms with Gasteiger partial charge in [0.15, 0.2) is 0 Å². The van der Waals surface area contributed by atoms with Crippen molar-refractivity contribution in [3.05, 3.63) is 0 Å². The fourth-order valence-corrected chi connectivity index (χ4v) is 1.28. The van der Waals surface area contributed by atoms with Gasteiger partial charge in [0.1, 0.15) is 5.54 Å². The van der Waals surface area contributed by atoms with Gasteiger partial charge in [-0.2, -0.15) is 5.26 Å². The van der Waals surface area contributed by atoms with Gasteiger partial charge >= 0.3 is 0 Å². The van der Waals surface area contributed by atoms with E-state index >= 15 is 0 Å². The summed E-state index contributed by atoms with van der Waals surface area (Å²) in [5.74, 6) is 0. The van der Waals surface area contributed by atoms with E-state index in [4.69, 9.17) is 5.26 Å². The van der Waals surface area contributed by atoms with Crippen LogP contribution in [0.2, 0.25) is 0 Å². The summed E-state index contributed by atoms with van der Waals surface area (Å²) in [5, 5.41) is 11.9. The highest BCUT2D eigenvalue weighted by Crippen LogP contribution is 2.20. The monoisotopic (exact) mass is 160 g/mol. The maximum atomic E-state index is 8.70. The van der Waals surface area contributed by atoms with Crippen molar-refractivity contribution >= 4 is 12.4 Å². The zero-order valence-corrected chi connectivity index (χ0v) is 7.00. The van der Waals surface area contributed by atoms with Gasteiger partial charge in [-0.15, -0.1) is 12.4 Å². The zero-order valence-electron chi connectivity index (χ0n) is 6.18. The molecule has 1 aliphatic rings. The van der Waals surface area contributed by atoms with E-state index in [-0.39, 0.29) is 17.9 Å². The summed E-state index contributed by atoms with van der Waals surface area (Å²) in [6.07, 6.45) is 3.12. The summed E-state index contributed by atoms with van der Waals surface area (Å²) >= 11 is 0. The Morgan fingerprint density at radius 2 is 2.40 bits per heavy atom. The highest BCUT2D eigenvalue weighted by atomic mass is 35.5. The second-order valence-electron chi connectivity index (χ2n) is 2.58. The molecule has 0 aliphatic carbocycles. The summed E-state index contributed by atoms with van der Waals surface area (Å²) in [6, 6.07) is 2.32. The molecule has 1 unspecified atom stereocenters. The maximum absolute atomic E-state index is 8.70. The molecule has 1 aliphatic heterocycles. The Hall–Kier alpha value is -0.260. The number of hydrogen-bond acceptors (Lipinski definition) is 2. The Bertz CT molecular complexity index is 133. The molecule has 1 rings (SSSR count). The van der Waals surface area contributed by atoms with Gasteiger partial charge in [-0.25, -0.2) is 0 Å². The third-order valence-electron chi connectivity index (χ3n) is 2.06. The number of nitrogens with one attached hydrogen (secondary N) is 1. The Morgan fingerprint density at radius 3 is 2.60 bits per heavy atom. The van der Waals surface area contributed by atoms with Crippen LogP contribution in [0.15, 0.2) is 0 Å². The van der Waals surface area contributed by atoms with E-state index in [0.29, 0.717) is 0 Å². The van der Waals surface area contributed by atoms with Gasteiger partial charge in [-0.1, -0.05) is 6.92 Å². The minimum Gasteiger partial charge on any atom is -0.299 e. The normalized spacial score (nSPS) is 30.8.